The third-order valence-corrected chi connectivity index (χ3v) is 8.43. The third kappa shape index (κ3) is 5.91. The van der Waals surface area contributed by atoms with E-state index in [2.05, 4.69) is 30.3 Å². The maximum absolute atomic E-state index is 14.7. The van der Waals surface area contributed by atoms with E-state index in [1.807, 2.05) is 30.3 Å². The summed E-state index contributed by atoms with van der Waals surface area (Å²) in [6.07, 6.45) is 3.44. The minimum atomic E-state index is -3.55. The van der Waals surface area contributed by atoms with Crippen LogP contribution in [0.5, 0.6) is 11.6 Å². The molecule has 3 atom stereocenters. The van der Waals surface area contributed by atoms with Gasteiger partial charge in [0.25, 0.3) is 5.88 Å². The number of morpholine rings is 1. The molecule has 0 saturated carbocycles. The minimum Gasteiger partial charge on any atom is -0.489 e. The quantitative estimate of drug-likeness (QED) is 0.301. The molecule has 2 saturated heterocycles. The molecule has 1 N–H and O–H groups in total. The number of benzene rings is 2. The van der Waals surface area contributed by atoms with Gasteiger partial charge < -0.3 is 24.1 Å². The Hall–Kier alpha value is -4.14. The van der Waals surface area contributed by atoms with Crippen LogP contribution in [-0.2, 0) is 21.1 Å². The number of piperidine rings is 1. The summed E-state index contributed by atoms with van der Waals surface area (Å²) >= 11 is 0. The lowest BCUT2D eigenvalue weighted by Crippen LogP contribution is -2.58. The topological polar surface area (TPSA) is 142 Å². The molecule has 0 radical (unpaired) electrons. The fourth-order valence-corrected chi connectivity index (χ4v) is 5.93. The normalized spacial score (nSPS) is 20.7. The van der Waals surface area contributed by atoms with Crippen molar-refractivity contribution < 1.29 is 31.5 Å². The van der Waals surface area contributed by atoms with Crippen LogP contribution in [0.3, 0.4) is 0 Å². The van der Waals surface area contributed by atoms with Crippen molar-refractivity contribution in [2.45, 2.75) is 42.5 Å². The van der Waals surface area contributed by atoms with E-state index in [1.54, 1.807) is 0 Å². The van der Waals surface area contributed by atoms with Crippen molar-refractivity contribution in [3.05, 3.63) is 66.6 Å². The molecule has 6 rings (SSSR count). The van der Waals surface area contributed by atoms with Crippen LogP contribution in [0.25, 0.3) is 11.4 Å². The highest BCUT2D eigenvalue weighted by Crippen LogP contribution is 2.37. The van der Waals surface area contributed by atoms with Crippen molar-refractivity contribution in [3.63, 3.8) is 0 Å². The zero-order chi connectivity index (χ0) is 29.3. The van der Waals surface area contributed by atoms with E-state index < -0.39 is 15.7 Å². The van der Waals surface area contributed by atoms with Gasteiger partial charge in [0.1, 0.15) is 18.2 Å². The number of ether oxygens (including phenoxy) is 3. The summed E-state index contributed by atoms with van der Waals surface area (Å²) in [6, 6.07) is 13.4. The Morgan fingerprint density at radius 3 is 2.55 bits per heavy atom. The number of rotatable bonds is 9. The molecule has 2 aromatic heterocycles. The minimum absolute atomic E-state index is 0.0294. The van der Waals surface area contributed by atoms with Crippen LogP contribution in [0.2, 0.25) is 0 Å². The molecule has 12 nitrogen and oxygen atoms in total. The molecule has 2 aromatic carbocycles. The highest BCUT2D eigenvalue weighted by atomic mass is 32.2. The molecular formula is C28H29FN6O6S. The van der Waals surface area contributed by atoms with Crippen molar-refractivity contribution >= 4 is 21.3 Å². The summed E-state index contributed by atoms with van der Waals surface area (Å²) in [5.74, 6) is 0.933. The van der Waals surface area contributed by atoms with Gasteiger partial charge in [-0.1, -0.05) is 35.5 Å². The zero-order valence-electron chi connectivity index (χ0n) is 22.9. The Morgan fingerprint density at radius 1 is 1.10 bits per heavy atom. The van der Waals surface area contributed by atoms with Gasteiger partial charge >= 0.3 is 0 Å². The predicted molar refractivity (Wildman–Crippen MR) is 149 cm³/mol. The number of methoxy groups -OCH3 is 1. The van der Waals surface area contributed by atoms with Gasteiger partial charge in [0.15, 0.2) is 15.7 Å². The SMILES string of the molecule is COc1c(Nc2ccc(S(C)(=O)=O)cc2F)ncnc1O[C@H]1C[C@H]2COC[C@@H](C1)N2Cc1nc(-c2ccccc2)no1. The van der Waals surface area contributed by atoms with Crippen molar-refractivity contribution in [3.8, 4) is 23.0 Å². The van der Waals surface area contributed by atoms with Gasteiger partial charge in [-0.15, -0.1) is 0 Å². The first kappa shape index (κ1) is 28.0. The Kier molecular flexibility index (Phi) is 7.75. The maximum Gasteiger partial charge on any atom is 0.262 e. The fraction of sp³-hybridized carbons (Fsp3) is 0.357. The maximum atomic E-state index is 14.7. The Balaban J connectivity index is 1.15. The summed E-state index contributed by atoms with van der Waals surface area (Å²) < 4.78 is 61.5. The number of nitrogens with zero attached hydrogens (tertiary/aromatic N) is 5. The number of aromatic nitrogens is 4. The van der Waals surface area contributed by atoms with E-state index in [-0.39, 0.29) is 46.2 Å². The van der Waals surface area contributed by atoms with Crippen LogP contribution in [-0.4, -0.2) is 78.2 Å². The molecule has 14 heteroatoms. The van der Waals surface area contributed by atoms with Crippen LogP contribution in [0, 0.1) is 5.82 Å². The van der Waals surface area contributed by atoms with E-state index in [9.17, 15) is 12.8 Å². The molecule has 220 valence electrons. The first-order chi connectivity index (χ1) is 20.3. The van der Waals surface area contributed by atoms with Gasteiger partial charge in [0.2, 0.25) is 17.5 Å². The highest BCUT2D eigenvalue weighted by Gasteiger charge is 2.41. The van der Waals surface area contributed by atoms with Crippen LogP contribution >= 0.6 is 0 Å². The molecular weight excluding hydrogens is 567 g/mol. The lowest BCUT2D eigenvalue weighted by atomic mass is 9.92. The van der Waals surface area contributed by atoms with Crippen molar-refractivity contribution in [2.75, 3.05) is 31.9 Å². The van der Waals surface area contributed by atoms with Gasteiger partial charge in [-0.3, -0.25) is 4.90 Å². The van der Waals surface area contributed by atoms with Gasteiger partial charge in [-0.25, -0.2) is 17.8 Å². The second-order valence-electron chi connectivity index (χ2n) is 10.2. The lowest BCUT2D eigenvalue weighted by Gasteiger charge is -2.47. The molecule has 0 spiro atoms. The molecule has 2 aliphatic heterocycles. The molecule has 2 bridgehead atoms. The van der Waals surface area contributed by atoms with E-state index in [1.165, 1.54) is 25.6 Å². The molecule has 2 aliphatic rings. The first-order valence-electron chi connectivity index (χ1n) is 13.3. The molecule has 4 heterocycles. The predicted octanol–water partition coefficient (Wildman–Crippen LogP) is 3.63. The number of hydrogen-bond donors (Lipinski definition) is 1. The van der Waals surface area contributed by atoms with Gasteiger partial charge in [0, 0.05) is 36.7 Å². The van der Waals surface area contributed by atoms with Crippen molar-refractivity contribution in [1.29, 1.82) is 0 Å². The van der Waals surface area contributed by atoms with Crippen molar-refractivity contribution in [2.24, 2.45) is 0 Å². The Labute approximate surface area is 241 Å². The summed E-state index contributed by atoms with van der Waals surface area (Å²) in [5, 5.41) is 7.00. The number of anilines is 2. The number of nitrogens with one attached hydrogen (secondary N) is 1. The second kappa shape index (κ2) is 11.6. The van der Waals surface area contributed by atoms with E-state index >= 15 is 0 Å². The molecule has 4 aromatic rings. The molecule has 2 fully saturated rings. The zero-order valence-corrected chi connectivity index (χ0v) is 23.8. The average Bonchev–Trinajstić information content (AvgIpc) is 3.43. The Bertz CT molecular complexity index is 1660. The smallest absolute Gasteiger partial charge is 0.262 e. The molecule has 42 heavy (non-hydrogen) atoms. The number of halogens is 1. The first-order valence-corrected chi connectivity index (χ1v) is 15.2. The lowest BCUT2D eigenvalue weighted by molar-refractivity contribution is -0.107. The fourth-order valence-electron chi connectivity index (χ4n) is 5.30. The van der Waals surface area contributed by atoms with E-state index in [0.717, 1.165) is 17.9 Å². The standard InChI is InChI=1S/C28H29FN6O6S/c1-38-25-27(32-23-9-8-21(12-22(23)29)42(2,36)37)30-16-31-28(25)40-20-10-18-14-39-15-19(11-20)35(18)13-24-33-26(34-41-24)17-6-4-3-5-7-17/h3-9,12,16,18-20H,10-11,13-15H2,1-2H3,(H,30,31,32)/t18-,19+,20-. The molecule has 0 unspecified atom stereocenters. The van der Waals surface area contributed by atoms with Crippen LogP contribution in [0.4, 0.5) is 15.9 Å². The van der Waals surface area contributed by atoms with E-state index in [4.69, 9.17) is 18.7 Å². The second-order valence-corrected chi connectivity index (χ2v) is 12.2. The van der Waals surface area contributed by atoms with Gasteiger partial charge in [-0.05, 0) is 18.2 Å². The number of hydrogen-bond acceptors (Lipinski definition) is 12. The largest absolute Gasteiger partial charge is 0.489 e. The molecule has 0 amide bonds. The summed E-state index contributed by atoms with van der Waals surface area (Å²) in [5.41, 5.74) is 0.922. The van der Waals surface area contributed by atoms with Crippen LogP contribution < -0.4 is 14.8 Å². The molecule has 0 aliphatic carbocycles. The van der Waals surface area contributed by atoms with Gasteiger partial charge in [0.05, 0.1) is 37.5 Å². The highest BCUT2D eigenvalue weighted by molar-refractivity contribution is 7.90. The van der Waals surface area contributed by atoms with Crippen LogP contribution in [0.1, 0.15) is 18.7 Å². The number of sulfone groups is 1. The third-order valence-electron chi connectivity index (χ3n) is 7.32. The monoisotopic (exact) mass is 596 g/mol. The summed E-state index contributed by atoms with van der Waals surface area (Å²) in [6.45, 7) is 1.57. The van der Waals surface area contributed by atoms with Crippen LogP contribution in [0.15, 0.2) is 64.3 Å². The van der Waals surface area contributed by atoms with E-state index in [0.29, 0.717) is 44.3 Å². The average molecular weight is 597 g/mol. The van der Waals surface area contributed by atoms with Crippen molar-refractivity contribution in [1.82, 2.24) is 25.0 Å². The Morgan fingerprint density at radius 2 is 1.86 bits per heavy atom. The number of fused-ring (bicyclic) bond motifs is 2. The van der Waals surface area contributed by atoms with Gasteiger partial charge in [-0.2, -0.15) is 9.97 Å². The summed E-state index contributed by atoms with van der Waals surface area (Å²) in [4.78, 5) is 15.2. The summed E-state index contributed by atoms with van der Waals surface area (Å²) in [7, 11) is -2.11.